The van der Waals surface area contributed by atoms with Gasteiger partial charge in [-0.15, -0.1) is 0 Å². The number of H-pyrrole nitrogens is 1. The number of hydrogen-bond acceptors (Lipinski definition) is 5. The van der Waals surface area contributed by atoms with E-state index in [0.29, 0.717) is 33.7 Å². The molecule has 9 rings (SSSR count). The Labute approximate surface area is 330 Å². The Balaban J connectivity index is 1.18. The topological polar surface area (TPSA) is 92.9 Å². The van der Waals surface area contributed by atoms with E-state index in [9.17, 15) is 9.59 Å². The number of amides is 3. The van der Waals surface area contributed by atoms with Gasteiger partial charge in [-0.1, -0.05) is 78.7 Å². The first-order chi connectivity index (χ1) is 26.8. The maximum Gasteiger partial charge on any atom is 0.317 e. The lowest BCUT2D eigenvalue weighted by Gasteiger charge is -2.39. The minimum Gasteiger partial charge on any atom is -0.497 e. The summed E-state index contributed by atoms with van der Waals surface area (Å²) in [6.07, 6.45) is 6.91. The van der Waals surface area contributed by atoms with Crippen LogP contribution in [-0.4, -0.2) is 66.1 Å². The number of piperidine rings is 1. The van der Waals surface area contributed by atoms with Crippen molar-refractivity contribution in [2.24, 2.45) is 5.92 Å². The molecule has 4 aliphatic rings. The van der Waals surface area contributed by atoms with Crippen LogP contribution in [0.25, 0.3) is 22.2 Å². The maximum absolute atomic E-state index is 15.0. The number of halogens is 2. The summed E-state index contributed by atoms with van der Waals surface area (Å²) in [4.78, 5) is 37.5. The molecule has 5 aromatic rings. The molecule has 55 heavy (non-hydrogen) atoms. The summed E-state index contributed by atoms with van der Waals surface area (Å²) in [6.45, 7) is 5.18. The number of nitrogens with one attached hydrogen (secondary N) is 3. The first kappa shape index (κ1) is 35.3. The number of aromatic amines is 1. The number of carbonyl (C=O) groups is 2. The number of rotatable bonds is 7. The van der Waals surface area contributed by atoms with Crippen molar-refractivity contribution >= 4 is 68.7 Å². The molecule has 9 nitrogen and oxygen atoms in total. The fourth-order valence-corrected chi connectivity index (χ4v) is 9.36. The molecule has 280 valence electrons. The van der Waals surface area contributed by atoms with Gasteiger partial charge in [0.05, 0.1) is 30.2 Å². The quantitative estimate of drug-likeness (QED) is 0.153. The van der Waals surface area contributed by atoms with Crippen molar-refractivity contribution in [2.45, 2.75) is 38.3 Å². The van der Waals surface area contributed by atoms with Crippen LogP contribution in [0.1, 0.15) is 65.0 Å². The minimum absolute atomic E-state index is 0.0183. The summed E-state index contributed by atoms with van der Waals surface area (Å²) in [5.41, 5.74) is 8.97. The number of anilines is 2. The molecule has 5 heterocycles. The van der Waals surface area contributed by atoms with Crippen LogP contribution >= 0.6 is 23.2 Å². The Morgan fingerprint density at radius 3 is 2.44 bits per heavy atom. The van der Waals surface area contributed by atoms with Gasteiger partial charge < -0.3 is 35.1 Å². The van der Waals surface area contributed by atoms with E-state index in [1.54, 1.807) is 7.11 Å². The SMILES string of the molecule is COc1ccc(N2CCC(N3CCNC3=O)CC2)c(NC(=O)c2[nH]c3cc(Cl)cc4c3c2C2=C(c3ccccc3)C(C)CC=CN2C4c2ccc(Cl)cc2)c1. The number of fused-ring (bicyclic) bond motifs is 2. The highest BCUT2D eigenvalue weighted by Gasteiger charge is 2.40. The second-order valence-corrected chi connectivity index (χ2v) is 15.7. The van der Waals surface area contributed by atoms with Crippen LogP contribution < -0.4 is 20.3 Å². The molecule has 1 aromatic heterocycles. The molecule has 0 radical (unpaired) electrons. The second-order valence-electron chi connectivity index (χ2n) is 14.8. The third-order valence-electron chi connectivity index (χ3n) is 11.5. The predicted octanol–water partition coefficient (Wildman–Crippen LogP) is 9.56. The maximum atomic E-state index is 15.0. The Hall–Kier alpha value is -5.38. The molecule has 0 bridgehead atoms. The number of nitrogens with zero attached hydrogens (tertiary/aromatic N) is 3. The average Bonchev–Trinajstić information content (AvgIpc) is 3.76. The Bertz CT molecular complexity index is 2360. The molecule has 0 aliphatic carbocycles. The molecule has 0 saturated carbocycles. The van der Waals surface area contributed by atoms with Gasteiger partial charge in [0, 0.05) is 71.0 Å². The van der Waals surface area contributed by atoms with Gasteiger partial charge in [-0.3, -0.25) is 4.79 Å². The lowest BCUT2D eigenvalue weighted by molar-refractivity contribution is 0.102. The molecule has 3 amide bonds. The molecule has 2 unspecified atom stereocenters. The Morgan fingerprint density at radius 2 is 1.71 bits per heavy atom. The highest BCUT2D eigenvalue weighted by molar-refractivity contribution is 6.32. The third kappa shape index (κ3) is 6.29. The molecule has 2 fully saturated rings. The number of ether oxygens (including phenoxy) is 1. The summed E-state index contributed by atoms with van der Waals surface area (Å²) < 4.78 is 5.66. The zero-order chi connectivity index (χ0) is 37.8. The number of hydrogen-bond donors (Lipinski definition) is 3. The van der Waals surface area contributed by atoms with E-state index in [0.717, 1.165) is 89.0 Å². The Morgan fingerprint density at radius 1 is 0.927 bits per heavy atom. The molecule has 11 heteroatoms. The summed E-state index contributed by atoms with van der Waals surface area (Å²) in [5.74, 6) is 0.527. The standard InChI is InChI=1S/C44H42Cl2N6O3/c1-26-7-6-19-52-41(28-10-12-29(45)13-11-28)33-23-30(46)24-35-38(33)39(42(52)37(26)27-8-4-3-5-9-27)40(48-35)43(53)49-34-25-32(55-2)14-15-36(34)50-20-16-31(17-21-50)51-22-18-47-44(51)54/h3-6,8-15,19,23-26,31,41,48H,7,16-18,20-22H2,1-2H3,(H,47,54)(H,49,53). The van der Waals surface area contributed by atoms with E-state index in [-0.39, 0.29) is 29.9 Å². The largest absolute Gasteiger partial charge is 0.497 e. The third-order valence-corrected chi connectivity index (χ3v) is 12.0. The fraction of sp³-hybridized carbons (Fsp3) is 0.273. The van der Waals surface area contributed by atoms with Crippen molar-refractivity contribution in [1.29, 1.82) is 0 Å². The number of urea groups is 1. The van der Waals surface area contributed by atoms with Crippen LogP contribution in [0.3, 0.4) is 0 Å². The Kier molecular flexibility index (Phi) is 9.22. The smallest absolute Gasteiger partial charge is 0.317 e. The molecule has 4 aromatic carbocycles. The van der Waals surface area contributed by atoms with Gasteiger partial charge in [0.2, 0.25) is 0 Å². The summed E-state index contributed by atoms with van der Waals surface area (Å²) >= 11 is 13.3. The van der Waals surface area contributed by atoms with Gasteiger partial charge in [0.1, 0.15) is 11.4 Å². The fourth-order valence-electron chi connectivity index (χ4n) is 9.00. The molecule has 2 saturated heterocycles. The lowest BCUT2D eigenvalue weighted by Crippen LogP contribution is -2.46. The van der Waals surface area contributed by atoms with Crippen molar-refractivity contribution in [3.8, 4) is 5.75 Å². The first-order valence-electron chi connectivity index (χ1n) is 18.9. The number of allylic oxidation sites excluding steroid dienone is 2. The lowest BCUT2D eigenvalue weighted by atomic mass is 9.82. The monoisotopic (exact) mass is 772 g/mol. The highest BCUT2D eigenvalue weighted by atomic mass is 35.5. The predicted molar refractivity (Wildman–Crippen MR) is 221 cm³/mol. The first-order valence-corrected chi connectivity index (χ1v) is 19.7. The normalized spacial score (nSPS) is 19.8. The minimum atomic E-state index is -0.267. The molecular weight excluding hydrogens is 731 g/mol. The van der Waals surface area contributed by atoms with Crippen LogP contribution in [0.5, 0.6) is 5.75 Å². The van der Waals surface area contributed by atoms with Crippen molar-refractivity contribution in [3.05, 3.63) is 135 Å². The summed E-state index contributed by atoms with van der Waals surface area (Å²) in [6, 6.07) is 28.2. The summed E-state index contributed by atoms with van der Waals surface area (Å²) in [5, 5.41) is 8.46. The van der Waals surface area contributed by atoms with Crippen LogP contribution in [-0.2, 0) is 0 Å². The molecule has 4 aliphatic heterocycles. The van der Waals surface area contributed by atoms with Gasteiger partial charge in [-0.25, -0.2) is 4.79 Å². The van der Waals surface area contributed by atoms with Crippen molar-refractivity contribution < 1.29 is 14.3 Å². The van der Waals surface area contributed by atoms with Gasteiger partial charge in [-0.05, 0) is 83.8 Å². The van der Waals surface area contributed by atoms with E-state index < -0.39 is 0 Å². The number of benzene rings is 4. The highest BCUT2D eigenvalue weighted by Crippen LogP contribution is 2.53. The van der Waals surface area contributed by atoms with Crippen LogP contribution in [0, 0.1) is 5.92 Å². The zero-order valence-electron chi connectivity index (χ0n) is 30.7. The van der Waals surface area contributed by atoms with E-state index >= 15 is 0 Å². The van der Waals surface area contributed by atoms with Crippen LogP contribution in [0.4, 0.5) is 16.2 Å². The van der Waals surface area contributed by atoms with Crippen LogP contribution in [0.2, 0.25) is 10.0 Å². The molecule has 2 atom stereocenters. The van der Waals surface area contributed by atoms with Crippen molar-refractivity contribution in [1.82, 2.24) is 20.1 Å². The molecule has 0 spiro atoms. The van der Waals surface area contributed by atoms with Crippen molar-refractivity contribution in [2.75, 3.05) is 43.5 Å². The van der Waals surface area contributed by atoms with Gasteiger partial charge in [0.25, 0.3) is 5.91 Å². The van der Waals surface area contributed by atoms with Gasteiger partial charge >= 0.3 is 6.03 Å². The zero-order valence-corrected chi connectivity index (χ0v) is 32.3. The van der Waals surface area contributed by atoms with E-state index in [4.69, 9.17) is 27.9 Å². The number of methoxy groups -OCH3 is 1. The summed E-state index contributed by atoms with van der Waals surface area (Å²) in [7, 11) is 1.63. The van der Waals surface area contributed by atoms with E-state index in [1.807, 2.05) is 53.4 Å². The van der Waals surface area contributed by atoms with E-state index in [1.165, 1.54) is 0 Å². The second kappa shape index (κ2) is 14.4. The average molecular weight is 774 g/mol. The number of aromatic nitrogens is 1. The molecule has 3 N–H and O–H groups in total. The van der Waals surface area contributed by atoms with Crippen molar-refractivity contribution in [3.63, 3.8) is 0 Å². The van der Waals surface area contributed by atoms with Gasteiger partial charge in [-0.2, -0.15) is 0 Å². The van der Waals surface area contributed by atoms with Gasteiger partial charge in [0.15, 0.2) is 0 Å². The van der Waals surface area contributed by atoms with E-state index in [2.05, 4.69) is 81.0 Å². The number of carbonyl (C=O) groups excluding carboxylic acids is 2. The van der Waals surface area contributed by atoms with Crippen LogP contribution in [0.15, 0.2) is 97.2 Å². The molecular formula is C44H42Cl2N6O3.